The molecule has 0 radical (unpaired) electrons. The van der Waals surface area contributed by atoms with Gasteiger partial charge in [-0.25, -0.2) is 0 Å². The van der Waals surface area contributed by atoms with Gasteiger partial charge < -0.3 is 5.73 Å². The van der Waals surface area contributed by atoms with Crippen LogP contribution in [0.5, 0.6) is 0 Å². The molecule has 1 unspecified atom stereocenters. The molecule has 0 spiro atoms. The minimum absolute atomic E-state index is 0.185. The van der Waals surface area contributed by atoms with Crippen molar-refractivity contribution in [1.29, 1.82) is 0 Å². The maximum atomic E-state index is 6.24. The number of aryl methyl sites for hydroxylation is 2. The maximum Gasteiger partial charge on any atom is 0.0383 e. The molecule has 1 rings (SSSR count). The van der Waals surface area contributed by atoms with Gasteiger partial charge in [0.1, 0.15) is 0 Å². The minimum atomic E-state index is -0.185. The number of hydrogen-bond acceptors (Lipinski definition) is 1. The highest BCUT2D eigenvalue weighted by Gasteiger charge is 2.22. The zero-order valence-electron chi connectivity index (χ0n) is 9.02. The van der Waals surface area contributed by atoms with Crippen LogP contribution in [0.15, 0.2) is 18.2 Å². The van der Waals surface area contributed by atoms with Crippen molar-refractivity contribution >= 4 is 0 Å². The molecule has 1 aromatic carbocycles. The van der Waals surface area contributed by atoms with Gasteiger partial charge in [0.2, 0.25) is 0 Å². The molecule has 72 valence electrons. The van der Waals surface area contributed by atoms with Crippen molar-refractivity contribution in [3.8, 4) is 0 Å². The second-order valence-corrected chi connectivity index (χ2v) is 4.04. The van der Waals surface area contributed by atoms with Crippen LogP contribution in [0.3, 0.4) is 0 Å². The first-order chi connectivity index (χ1) is 5.99. The van der Waals surface area contributed by atoms with E-state index in [1.165, 1.54) is 16.7 Å². The Morgan fingerprint density at radius 2 is 1.69 bits per heavy atom. The quantitative estimate of drug-likeness (QED) is 0.738. The lowest BCUT2D eigenvalue weighted by molar-refractivity contribution is 0.471. The Hall–Kier alpha value is -0.820. The van der Waals surface area contributed by atoms with E-state index in [2.05, 4.69) is 45.9 Å². The van der Waals surface area contributed by atoms with E-state index in [1.54, 1.807) is 0 Å². The highest BCUT2D eigenvalue weighted by molar-refractivity contribution is 5.38. The molecular formula is C12H19N. The Morgan fingerprint density at radius 1 is 1.23 bits per heavy atom. The lowest BCUT2D eigenvalue weighted by Crippen LogP contribution is -2.33. The molecule has 2 N–H and O–H groups in total. The monoisotopic (exact) mass is 177 g/mol. The number of benzene rings is 1. The van der Waals surface area contributed by atoms with Gasteiger partial charge in [-0.2, -0.15) is 0 Å². The second kappa shape index (κ2) is 3.51. The molecular weight excluding hydrogens is 158 g/mol. The van der Waals surface area contributed by atoms with Crippen LogP contribution in [-0.2, 0) is 5.54 Å². The fourth-order valence-corrected chi connectivity index (χ4v) is 1.89. The second-order valence-electron chi connectivity index (χ2n) is 4.04. The first-order valence-corrected chi connectivity index (χ1v) is 4.84. The van der Waals surface area contributed by atoms with E-state index >= 15 is 0 Å². The summed E-state index contributed by atoms with van der Waals surface area (Å²) in [7, 11) is 0. The standard InChI is InChI=1S/C12H19N/c1-5-12(4,13)11-9(2)7-6-8-10(11)3/h6-8H,5,13H2,1-4H3. The summed E-state index contributed by atoms with van der Waals surface area (Å²) in [5.74, 6) is 0. The van der Waals surface area contributed by atoms with E-state index in [9.17, 15) is 0 Å². The molecule has 1 nitrogen and oxygen atoms in total. The highest BCUT2D eigenvalue weighted by atomic mass is 14.7. The van der Waals surface area contributed by atoms with E-state index < -0.39 is 0 Å². The highest BCUT2D eigenvalue weighted by Crippen LogP contribution is 2.27. The number of hydrogen-bond donors (Lipinski definition) is 1. The van der Waals surface area contributed by atoms with Crippen LogP contribution in [0.1, 0.15) is 37.0 Å². The maximum absolute atomic E-state index is 6.24. The lowest BCUT2D eigenvalue weighted by atomic mass is 9.84. The van der Waals surface area contributed by atoms with Crippen LogP contribution in [0.2, 0.25) is 0 Å². The van der Waals surface area contributed by atoms with E-state index in [0.29, 0.717) is 0 Å². The van der Waals surface area contributed by atoms with Gasteiger partial charge in [0.25, 0.3) is 0 Å². The van der Waals surface area contributed by atoms with Gasteiger partial charge in [-0.1, -0.05) is 25.1 Å². The van der Waals surface area contributed by atoms with E-state index in [4.69, 9.17) is 5.73 Å². The third-order valence-corrected chi connectivity index (χ3v) is 2.79. The molecule has 13 heavy (non-hydrogen) atoms. The van der Waals surface area contributed by atoms with Gasteiger partial charge in [0.15, 0.2) is 0 Å². The van der Waals surface area contributed by atoms with Crippen LogP contribution in [0, 0.1) is 13.8 Å². The first-order valence-electron chi connectivity index (χ1n) is 4.84. The van der Waals surface area contributed by atoms with Gasteiger partial charge in [-0.05, 0) is 43.9 Å². The predicted molar refractivity (Wildman–Crippen MR) is 57.7 cm³/mol. The van der Waals surface area contributed by atoms with Crippen molar-refractivity contribution in [1.82, 2.24) is 0 Å². The Balaban J connectivity index is 3.28. The molecule has 0 aliphatic heterocycles. The molecule has 0 bridgehead atoms. The van der Waals surface area contributed by atoms with Crippen molar-refractivity contribution in [2.45, 2.75) is 39.7 Å². The van der Waals surface area contributed by atoms with E-state index in [-0.39, 0.29) is 5.54 Å². The largest absolute Gasteiger partial charge is 0.322 e. The Morgan fingerprint density at radius 3 is 2.08 bits per heavy atom. The molecule has 0 aliphatic rings. The summed E-state index contributed by atoms with van der Waals surface area (Å²) >= 11 is 0. The third kappa shape index (κ3) is 1.92. The van der Waals surface area contributed by atoms with Crippen LogP contribution < -0.4 is 5.73 Å². The summed E-state index contributed by atoms with van der Waals surface area (Å²) < 4.78 is 0. The van der Waals surface area contributed by atoms with Gasteiger partial charge in [0, 0.05) is 5.54 Å². The third-order valence-electron chi connectivity index (χ3n) is 2.79. The predicted octanol–water partition coefficient (Wildman–Crippen LogP) is 2.89. The molecule has 0 fully saturated rings. The van der Waals surface area contributed by atoms with Crippen LogP contribution in [0.4, 0.5) is 0 Å². The summed E-state index contributed by atoms with van der Waals surface area (Å²) in [6, 6.07) is 6.34. The van der Waals surface area contributed by atoms with Crippen molar-refractivity contribution in [2.75, 3.05) is 0 Å². The van der Waals surface area contributed by atoms with Crippen molar-refractivity contribution in [2.24, 2.45) is 5.73 Å². The first kappa shape index (κ1) is 10.3. The molecule has 0 heterocycles. The topological polar surface area (TPSA) is 26.0 Å². The summed E-state index contributed by atoms with van der Waals surface area (Å²) in [4.78, 5) is 0. The molecule has 0 aromatic heterocycles. The molecule has 0 amide bonds. The van der Waals surface area contributed by atoms with Crippen molar-refractivity contribution in [3.05, 3.63) is 34.9 Å². The molecule has 0 saturated carbocycles. The van der Waals surface area contributed by atoms with Crippen LogP contribution >= 0.6 is 0 Å². The summed E-state index contributed by atoms with van der Waals surface area (Å²) in [5.41, 5.74) is 9.95. The van der Waals surface area contributed by atoms with Gasteiger partial charge in [0.05, 0.1) is 0 Å². The molecule has 0 aliphatic carbocycles. The lowest BCUT2D eigenvalue weighted by Gasteiger charge is -2.27. The number of nitrogens with two attached hydrogens (primary N) is 1. The molecule has 0 saturated heterocycles. The van der Waals surface area contributed by atoms with E-state index in [1.807, 2.05) is 0 Å². The van der Waals surface area contributed by atoms with Crippen LogP contribution in [0.25, 0.3) is 0 Å². The fourth-order valence-electron chi connectivity index (χ4n) is 1.89. The smallest absolute Gasteiger partial charge is 0.0383 e. The summed E-state index contributed by atoms with van der Waals surface area (Å²) in [5, 5.41) is 0. The van der Waals surface area contributed by atoms with Crippen molar-refractivity contribution < 1.29 is 0 Å². The zero-order chi connectivity index (χ0) is 10.1. The average Bonchev–Trinajstić information content (AvgIpc) is 2.03. The average molecular weight is 177 g/mol. The van der Waals surface area contributed by atoms with E-state index in [0.717, 1.165) is 6.42 Å². The summed E-state index contributed by atoms with van der Waals surface area (Å²) in [6.07, 6.45) is 0.971. The Bertz CT molecular complexity index is 280. The minimum Gasteiger partial charge on any atom is -0.322 e. The van der Waals surface area contributed by atoms with Crippen molar-refractivity contribution in [3.63, 3.8) is 0 Å². The molecule has 1 heteroatoms. The molecule has 1 aromatic rings. The normalized spacial score (nSPS) is 15.5. The molecule has 1 atom stereocenters. The zero-order valence-corrected chi connectivity index (χ0v) is 9.02. The van der Waals surface area contributed by atoms with Gasteiger partial charge in [-0.15, -0.1) is 0 Å². The Kier molecular flexibility index (Phi) is 2.77. The van der Waals surface area contributed by atoms with Gasteiger partial charge in [-0.3, -0.25) is 0 Å². The SMILES string of the molecule is CCC(C)(N)c1c(C)cccc1C. The summed E-state index contributed by atoms with van der Waals surface area (Å²) in [6.45, 7) is 8.49. The van der Waals surface area contributed by atoms with Gasteiger partial charge >= 0.3 is 0 Å². The van der Waals surface area contributed by atoms with Crippen LogP contribution in [-0.4, -0.2) is 0 Å². The Labute approximate surface area is 81.0 Å². The fraction of sp³-hybridized carbons (Fsp3) is 0.500. The number of rotatable bonds is 2.